The highest BCUT2D eigenvalue weighted by molar-refractivity contribution is 6.15. The van der Waals surface area contributed by atoms with Gasteiger partial charge in [0.05, 0.1) is 19.9 Å². The molecule has 0 fully saturated rings. The van der Waals surface area contributed by atoms with E-state index in [1.54, 1.807) is 32.4 Å². The van der Waals surface area contributed by atoms with Gasteiger partial charge < -0.3 is 25.1 Å². The van der Waals surface area contributed by atoms with Gasteiger partial charge in [0, 0.05) is 23.0 Å². The van der Waals surface area contributed by atoms with E-state index in [0.717, 1.165) is 27.6 Å². The van der Waals surface area contributed by atoms with Crippen LogP contribution in [0.4, 0.5) is 5.69 Å². The number of aromatic amines is 1. The lowest BCUT2D eigenvalue weighted by Gasteiger charge is -2.11. The van der Waals surface area contributed by atoms with Gasteiger partial charge in [-0.3, -0.25) is 9.59 Å². The second-order valence-electron chi connectivity index (χ2n) is 8.12. The van der Waals surface area contributed by atoms with Gasteiger partial charge >= 0.3 is 0 Å². The Labute approximate surface area is 198 Å². The van der Waals surface area contributed by atoms with E-state index in [9.17, 15) is 9.59 Å². The van der Waals surface area contributed by atoms with E-state index in [1.165, 1.54) is 0 Å². The number of carbonyl (C=O) groups is 2. The minimum Gasteiger partial charge on any atom is -0.493 e. The molecule has 174 valence electrons. The number of carbonyl (C=O) groups excluding carboxylic acids is 2. The predicted molar refractivity (Wildman–Crippen MR) is 133 cm³/mol. The second-order valence-corrected chi connectivity index (χ2v) is 8.12. The van der Waals surface area contributed by atoms with Crippen LogP contribution in [-0.2, 0) is 6.54 Å². The summed E-state index contributed by atoms with van der Waals surface area (Å²) < 4.78 is 10.6. The van der Waals surface area contributed by atoms with Crippen LogP contribution >= 0.6 is 0 Å². The Kier molecular flexibility index (Phi) is 6.54. The molecule has 0 spiro atoms. The average molecular weight is 458 g/mol. The van der Waals surface area contributed by atoms with Crippen LogP contribution in [0.2, 0.25) is 0 Å². The molecule has 0 saturated heterocycles. The Morgan fingerprint density at radius 1 is 0.824 bits per heavy atom. The highest BCUT2D eigenvalue weighted by Gasteiger charge is 2.20. The molecule has 0 aliphatic rings. The van der Waals surface area contributed by atoms with Gasteiger partial charge in [0.15, 0.2) is 11.5 Å². The lowest BCUT2D eigenvalue weighted by Crippen LogP contribution is -2.25. The Morgan fingerprint density at radius 3 is 2.24 bits per heavy atom. The minimum absolute atomic E-state index is 0.277. The predicted octanol–water partition coefficient (Wildman–Crippen LogP) is 4.98. The van der Waals surface area contributed by atoms with Gasteiger partial charge in [-0.2, -0.15) is 0 Å². The quantitative estimate of drug-likeness (QED) is 0.365. The molecular formula is C27H27N3O4. The zero-order chi connectivity index (χ0) is 24.2. The van der Waals surface area contributed by atoms with Crippen molar-refractivity contribution in [1.82, 2.24) is 10.3 Å². The van der Waals surface area contributed by atoms with Crippen molar-refractivity contribution in [3.8, 4) is 11.5 Å². The van der Waals surface area contributed by atoms with Crippen molar-refractivity contribution in [3.05, 3.63) is 88.6 Å². The number of hydrogen-bond acceptors (Lipinski definition) is 4. The van der Waals surface area contributed by atoms with Gasteiger partial charge in [-0.15, -0.1) is 0 Å². The summed E-state index contributed by atoms with van der Waals surface area (Å²) in [4.78, 5) is 29.3. The Morgan fingerprint density at radius 2 is 1.53 bits per heavy atom. The first-order valence-corrected chi connectivity index (χ1v) is 10.9. The lowest BCUT2D eigenvalue weighted by molar-refractivity contribution is 0.0947. The zero-order valence-corrected chi connectivity index (χ0v) is 19.6. The van der Waals surface area contributed by atoms with Gasteiger partial charge in [0.1, 0.15) is 5.69 Å². The molecule has 0 aliphatic carbocycles. The Balaban J connectivity index is 1.62. The third-order valence-electron chi connectivity index (χ3n) is 5.63. The molecule has 0 radical (unpaired) electrons. The zero-order valence-electron chi connectivity index (χ0n) is 19.6. The van der Waals surface area contributed by atoms with Crippen molar-refractivity contribution in [2.45, 2.75) is 20.4 Å². The molecule has 3 aromatic carbocycles. The fourth-order valence-electron chi connectivity index (χ4n) is 3.76. The fraction of sp³-hybridized carbons (Fsp3) is 0.185. The number of aryl methyl sites for hydroxylation is 2. The van der Waals surface area contributed by atoms with E-state index in [0.29, 0.717) is 28.4 Å². The third kappa shape index (κ3) is 4.73. The summed E-state index contributed by atoms with van der Waals surface area (Å²) in [7, 11) is 3.14. The highest BCUT2D eigenvalue weighted by Crippen LogP contribution is 2.30. The van der Waals surface area contributed by atoms with Gasteiger partial charge in [-0.1, -0.05) is 35.4 Å². The van der Waals surface area contributed by atoms with Crippen LogP contribution in [0.15, 0.2) is 60.7 Å². The van der Waals surface area contributed by atoms with Gasteiger partial charge in [0.25, 0.3) is 11.8 Å². The summed E-state index contributed by atoms with van der Waals surface area (Å²) in [6.07, 6.45) is 0. The van der Waals surface area contributed by atoms with E-state index in [2.05, 4.69) is 15.6 Å². The molecule has 0 saturated carbocycles. The van der Waals surface area contributed by atoms with E-state index >= 15 is 0 Å². The summed E-state index contributed by atoms with van der Waals surface area (Å²) >= 11 is 0. The standard InChI is InChI=1S/C27H27N3O4/c1-16-5-9-19(10-6-16)26(31)30-24-20-13-17(2)7-11-21(20)29-25(24)27(32)28-15-18-8-12-22(33-3)23(14-18)34-4/h5-14,29H,15H2,1-4H3,(H,28,32)(H,30,31). The van der Waals surface area contributed by atoms with E-state index in [-0.39, 0.29) is 18.4 Å². The number of H-pyrrole nitrogens is 1. The maximum atomic E-state index is 13.2. The number of benzene rings is 3. The number of nitrogens with one attached hydrogen (secondary N) is 3. The number of amides is 2. The van der Waals surface area contributed by atoms with Gasteiger partial charge in [0.2, 0.25) is 0 Å². The van der Waals surface area contributed by atoms with Crippen LogP contribution in [0.1, 0.15) is 37.5 Å². The minimum atomic E-state index is -0.331. The summed E-state index contributed by atoms with van der Waals surface area (Å²) in [5, 5.41) is 6.64. The summed E-state index contributed by atoms with van der Waals surface area (Å²) in [5.41, 5.74) is 4.97. The number of methoxy groups -OCH3 is 2. The molecule has 0 aliphatic heterocycles. The number of fused-ring (bicyclic) bond motifs is 1. The van der Waals surface area contributed by atoms with E-state index in [4.69, 9.17) is 9.47 Å². The molecule has 0 unspecified atom stereocenters. The largest absolute Gasteiger partial charge is 0.493 e. The number of rotatable bonds is 7. The topological polar surface area (TPSA) is 92.5 Å². The number of aromatic nitrogens is 1. The Bertz CT molecular complexity index is 1360. The molecule has 1 aromatic heterocycles. The van der Waals surface area contributed by atoms with Crippen molar-refractivity contribution in [3.63, 3.8) is 0 Å². The molecule has 3 N–H and O–H groups in total. The molecule has 7 heteroatoms. The monoisotopic (exact) mass is 457 g/mol. The summed E-state index contributed by atoms with van der Waals surface area (Å²) in [6, 6.07) is 18.6. The van der Waals surface area contributed by atoms with Crippen molar-refractivity contribution in [1.29, 1.82) is 0 Å². The van der Waals surface area contributed by atoms with Crippen LogP contribution in [0, 0.1) is 13.8 Å². The first-order valence-electron chi connectivity index (χ1n) is 10.9. The SMILES string of the molecule is COc1ccc(CNC(=O)c2[nH]c3ccc(C)cc3c2NC(=O)c2ccc(C)cc2)cc1OC. The third-order valence-corrected chi connectivity index (χ3v) is 5.63. The summed E-state index contributed by atoms with van der Waals surface area (Å²) in [5.74, 6) is 0.588. The second kappa shape index (κ2) is 9.70. The molecule has 0 atom stereocenters. The van der Waals surface area contributed by atoms with E-state index in [1.807, 2.05) is 56.3 Å². The first kappa shape index (κ1) is 22.9. The molecule has 34 heavy (non-hydrogen) atoms. The van der Waals surface area contributed by atoms with Crippen LogP contribution in [0.25, 0.3) is 10.9 Å². The normalized spacial score (nSPS) is 10.7. The number of anilines is 1. The summed E-state index contributed by atoms with van der Waals surface area (Å²) in [6.45, 7) is 4.21. The molecule has 0 bridgehead atoms. The van der Waals surface area contributed by atoms with Crippen LogP contribution < -0.4 is 20.1 Å². The molecule has 2 amide bonds. The maximum absolute atomic E-state index is 13.2. The van der Waals surface area contributed by atoms with Crippen LogP contribution in [0.5, 0.6) is 11.5 Å². The molecule has 4 aromatic rings. The number of hydrogen-bond donors (Lipinski definition) is 3. The molecule has 4 rings (SSSR count). The van der Waals surface area contributed by atoms with Crippen LogP contribution in [-0.4, -0.2) is 31.0 Å². The molecular weight excluding hydrogens is 430 g/mol. The highest BCUT2D eigenvalue weighted by atomic mass is 16.5. The van der Waals surface area contributed by atoms with Crippen molar-refractivity contribution < 1.29 is 19.1 Å². The smallest absolute Gasteiger partial charge is 0.270 e. The molecule has 7 nitrogen and oxygen atoms in total. The maximum Gasteiger partial charge on any atom is 0.270 e. The number of ether oxygens (including phenoxy) is 2. The van der Waals surface area contributed by atoms with Crippen molar-refractivity contribution >= 4 is 28.4 Å². The van der Waals surface area contributed by atoms with Gasteiger partial charge in [-0.05, 0) is 55.8 Å². The fourth-order valence-corrected chi connectivity index (χ4v) is 3.76. The molecule has 1 heterocycles. The lowest BCUT2D eigenvalue weighted by atomic mass is 10.1. The first-order chi connectivity index (χ1) is 16.4. The average Bonchev–Trinajstić information content (AvgIpc) is 3.20. The van der Waals surface area contributed by atoms with Crippen molar-refractivity contribution in [2.75, 3.05) is 19.5 Å². The van der Waals surface area contributed by atoms with Crippen LogP contribution in [0.3, 0.4) is 0 Å². The van der Waals surface area contributed by atoms with Crippen molar-refractivity contribution in [2.24, 2.45) is 0 Å². The van der Waals surface area contributed by atoms with Gasteiger partial charge in [-0.25, -0.2) is 0 Å². The Hall–Kier alpha value is -4.26. The van der Waals surface area contributed by atoms with E-state index < -0.39 is 0 Å².